The summed E-state index contributed by atoms with van der Waals surface area (Å²) in [4.78, 5) is 3.16. The molecule has 3 heteroatoms. The molecular weight excluding hydrogens is 343 g/mol. The first kappa shape index (κ1) is 18.1. The minimum atomic E-state index is -0.858. The van der Waals surface area contributed by atoms with Gasteiger partial charge in [-0.3, -0.25) is 0 Å². The van der Waals surface area contributed by atoms with Gasteiger partial charge in [-0.2, -0.15) is 0 Å². The highest BCUT2D eigenvalue weighted by Gasteiger charge is 2.30. The van der Waals surface area contributed by atoms with Gasteiger partial charge in [0, 0.05) is 6.07 Å². The first-order chi connectivity index (χ1) is 12.5. The first-order valence-electron chi connectivity index (χ1n) is 8.31. The van der Waals surface area contributed by atoms with Gasteiger partial charge in [-0.15, -0.1) is 6.42 Å². The summed E-state index contributed by atoms with van der Waals surface area (Å²) in [6.07, 6.45) is 5.44. The van der Waals surface area contributed by atoms with Gasteiger partial charge >= 0.3 is 0 Å². The second-order valence-corrected chi connectivity index (χ2v) is 8.31. The Morgan fingerprint density at radius 2 is 1.38 bits per heavy atom. The average molecular weight is 363 g/mol. The van der Waals surface area contributed by atoms with Crippen LogP contribution in [0.1, 0.15) is 13.8 Å². The maximum Gasteiger partial charge on any atom is 0.170 e. The summed E-state index contributed by atoms with van der Waals surface area (Å²) in [5.74, 6) is 2.28. The third-order valence-electron chi connectivity index (χ3n) is 3.81. The Labute approximate surface area is 157 Å². The molecular formula is C23H20FOS+. The van der Waals surface area contributed by atoms with Crippen LogP contribution >= 0.6 is 0 Å². The van der Waals surface area contributed by atoms with Crippen LogP contribution in [0.4, 0.5) is 4.39 Å². The fourth-order valence-electron chi connectivity index (χ4n) is 2.52. The van der Waals surface area contributed by atoms with Crippen molar-refractivity contribution in [3.8, 4) is 18.1 Å². The number of terminal acetylenes is 1. The Morgan fingerprint density at radius 1 is 0.846 bits per heavy atom. The van der Waals surface area contributed by atoms with Crippen molar-refractivity contribution in [3.05, 3.63) is 84.7 Å². The van der Waals surface area contributed by atoms with Crippen LogP contribution in [0.25, 0.3) is 0 Å². The van der Waals surface area contributed by atoms with Gasteiger partial charge < -0.3 is 4.74 Å². The van der Waals surface area contributed by atoms with Crippen molar-refractivity contribution in [1.82, 2.24) is 0 Å². The maximum atomic E-state index is 14.7. The van der Waals surface area contributed by atoms with Gasteiger partial charge in [0.2, 0.25) is 0 Å². The van der Waals surface area contributed by atoms with Crippen LogP contribution in [-0.2, 0) is 10.9 Å². The van der Waals surface area contributed by atoms with Crippen LogP contribution in [0.5, 0.6) is 5.75 Å². The molecule has 0 aromatic heterocycles. The third-order valence-corrected chi connectivity index (χ3v) is 6.02. The van der Waals surface area contributed by atoms with E-state index in [-0.39, 0.29) is 5.75 Å². The molecule has 0 unspecified atom stereocenters. The van der Waals surface area contributed by atoms with E-state index in [1.165, 1.54) is 0 Å². The topological polar surface area (TPSA) is 9.23 Å². The monoisotopic (exact) mass is 363 g/mol. The van der Waals surface area contributed by atoms with E-state index in [0.717, 1.165) is 14.7 Å². The smallest absolute Gasteiger partial charge is 0.170 e. The lowest BCUT2D eigenvalue weighted by Gasteiger charge is -2.20. The molecule has 3 rings (SSSR count). The summed E-state index contributed by atoms with van der Waals surface area (Å²) in [6.45, 7) is 3.47. The van der Waals surface area contributed by atoms with Crippen LogP contribution < -0.4 is 4.74 Å². The molecule has 1 nitrogen and oxygen atoms in total. The number of benzene rings is 3. The molecule has 0 spiro atoms. The molecule has 0 heterocycles. The summed E-state index contributed by atoms with van der Waals surface area (Å²) in [5, 5.41) is 0. The Balaban J connectivity index is 2.03. The fourth-order valence-corrected chi connectivity index (χ4v) is 4.62. The minimum Gasteiger partial charge on any atom is -0.472 e. The predicted molar refractivity (Wildman–Crippen MR) is 105 cm³/mol. The van der Waals surface area contributed by atoms with E-state index in [0.29, 0.717) is 0 Å². The largest absolute Gasteiger partial charge is 0.472 e. The summed E-state index contributed by atoms with van der Waals surface area (Å²) in [5.41, 5.74) is -0.858. The molecule has 0 aliphatic rings. The molecule has 0 radical (unpaired) electrons. The summed E-state index contributed by atoms with van der Waals surface area (Å²) in [6, 6.07) is 25.4. The highest BCUT2D eigenvalue weighted by atomic mass is 32.2. The molecule has 0 aliphatic carbocycles. The molecule has 0 saturated carbocycles. The van der Waals surface area contributed by atoms with Crippen molar-refractivity contribution in [2.24, 2.45) is 0 Å². The molecule has 0 saturated heterocycles. The number of hydrogen-bond donors (Lipinski definition) is 0. The fraction of sp³-hybridized carbons (Fsp3) is 0.130. The van der Waals surface area contributed by atoms with Gasteiger partial charge in [0.05, 0.1) is 10.9 Å². The molecule has 3 aromatic rings. The van der Waals surface area contributed by atoms with Crippen molar-refractivity contribution in [3.63, 3.8) is 0 Å². The van der Waals surface area contributed by atoms with E-state index in [1.807, 2.05) is 42.5 Å². The lowest BCUT2D eigenvalue weighted by molar-refractivity contribution is 0.164. The van der Waals surface area contributed by atoms with Crippen molar-refractivity contribution >= 4 is 10.9 Å². The van der Waals surface area contributed by atoms with Crippen molar-refractivity contribution in [1.29, 1.82) is 0 Å². The molecule has 26 heavy (non-hydrogen) atoms. The van der Waals surface area contributed by atoms with Crippen LogP contribution in [0, 0.1) is 18.2 Å². The van der Waals surface area contributed by atoms with Crippen LogP contribution in [0.2, 0.25) is 0 Å². The van der Waals surface area contributed by atoms with Gasteiger partial charge in [0.25, 0.3) is 0 Å². The van der Waals surface area contributed by atoms with E-state index in [9.17, 15) is 4.39 Å². The highest BCUT2D eigenvalue weighted by Crippen LogP contribution is 2.33. The van der Waals surface area contributed by atoms with Gasteiger partial charge in [-0.1, -0.05) is 42.3 Å². The summed E-state index contributed by atoms with van der Waals surface area (Å²) < 4.78 is 20.3. The normalized spacial score (nSPS) is 11.2. The van der Waals surface area contributed by atoms with E-state index in [4.69, 9.17) is 11.2 Å². The van der Waals surface area contributed by atoms with Gasteiger partial charge in [0.15, 0.2) is 31.9 Å². The zero-order valence-electron chi connectivity index (χ0n) is 14.8. The summed E-state index contributed by atoms with van der Waals surface area (Å²) >= 11 is 0. The van der Waals surface area contributed by atoms with Gasteiger partial charge in [0.1, 0.15) is 0 Å². The average Bonchev–Trinajstić information content (AvgIpc) is 2.66. The Hall–Kier alpha value is -2.70. The van der Waals surface area contributed by atoms with Crippen molar-refractivity contribution < 1.29 is 9.13 Å². The van der Waals surface area contributed by atoms with Crippen LogP contribution in [0.3, 0.4) is 0 Å². The van der Waals surface area contributed by atoms with E-state index in [2.05, 4.69) is 30.2 Å². The standard InChI is InChI=1S/C23H20FOS/c1-4-23(2,3)25-22-16-15-20(17-21(22)24)26(18-11-7-5-8-12-18)19-13-9-6-10-14-19/h1,5-17H,2-3H3/q+1. The lowest BCUT2D eigenvalue weighted by Crippen LogP contribution is -2.26. The Bertz CT molecular complexity index is 874. The number of ether oxygens (including phenoxy) is 1. The number of hydrogen-bond acceptors (Lipinski definition) is 1. The zero-order chi connectivity index (χ0) is 18.6. The van der Waals surface area contributed by atoms with Gasteiger partial charge in [-0.05, 0) is 50.2 Å². The molecule has 130 valence electrons. The molecule has 0 fully saturated rings. The Kier molecular flexibility index (Phi) is 5.35. The Morgan fingerprint density at radius 3 is 1.85 bits per heavy atom. The third kappa shape index (κ3) is 4.09. The quantitative estimate of drug-likeness (QED) is 0.417. The number of rotatable bonds is 5. The molecule has 0 aliphatic heterocycles. The second kappa shape index (κ2) is 7.68. The molecule has 0 amide bonds. The zero-order valence-corrected chi connectivity index (χ0v) is 15.6. The van der Waals surface area contributed by atoms with Crippen molar-refractivity contribution in [2.75, 3.05) is 0 Å². The highest BCUT2D eigenvalue weighted by molar-refractivity contribution is 7.97. The van der Waals surface area contributed by atoms with Gasteiger partial charge in [-0.25, -0.2) is 4.39 Å². The molecule has 0 atom stereocenters. The van der Waals surface area contributed by atoms with E-state index < -0.39 is 22.3 Å². The SMILES string of the molecule is C#CC(C)(C)Oc1ccc([S+](c2ccccc2)c2ccccc2)cc1F. The summed E-state index contributed by atoms with van der Waals surface area (Å²) in [7, 11) is -0.394. The van der Waals surface area contributed by atoms with Crippen molar-refractivity contribution in [2.45, 2.75) is 34.1 Å². The second-order valence-electron chi connectivity index (χ2n) is 6.28. The molecule has 0 bridgehead atoms. The maximum absolute atomic E-state index is 14.7. The lowest BCUT2D eigenvalue weighted by atomic mass is 10.1. The minimum absolute atomic E-state index is 0.168. The first-order valence-corrected chi connectivity index (χ1v) is 9.53. The van der Waals surface area contributed by atoms with E-state index >= 15 is 0 Å². The molecule has 3 aromatic carbocycles. The predicted octanol–water partition coefficient (Wildman–Crippen LogP) is 5.71. The van der Waals surface area contributed by atoms with E-state index in [1.54, 1.807) is 26.0 Å². The van der Waals surface area contributed by atoms with Crippen LogP contribution in [-0.4, -0.2) is 5.60 Å². The number of halogens is 1. The van der Waals surface area contributed by atoms with Crippen LogP contribution in [0.15, 0.2) is 93.5 Å². The molecule has 0 N–H and O–H groups in total.